The van der Waals surface area contributed by atoms with Crippen LogP contribution in [0.5, 0.6) is 5.75 Å². The normalized spacial score (nSPS) is 10.2. The molecule has 19 heavy (non-hydrogen) atoms. The van der Waals surface area contributed by atoms with E-state index in [9.17, 15) is 14.3 Å². The Kier molecular flexibility index (Phi) is 4.16. The van der Waals surface area contributed by atoms with Crippen LogP contribution in [0.4, 0.5) is 4.39 Å². The second-order valence-corrected chi connectivity index (χ2v) is 4.85. The number of halogens is 2. The smallest absolute Gasteiger partial charge is 0.255 e. The van der Waals surface area contributed by atoms with Gasteiger partial charge in [-0.15, -0.1) is 0 Å². The number of nitrogens with one attached hydrogen (secondary N) is 1. The van der Waals surface area contributed by atoms with E-state index in [0.29, 0.717) is 10.0 Å². The Morgan fingerprint density at radius 1 is 1.26 bits per heavy atom. The Morgan fingerprint density at radius 3 is 2.74 bits per heavy atom. The van der Waals surface area contributed by atoms with E-state index in [0.717, 1.165) is 0 Å². The van der Waals surface area contributed by atoms with E-state index >= 15 is 0 Å². The van der Waals surface area contributed by atoms with Gasteiger partial charge in [-0.25, -0.2) is 4.39 Å². The summed E-state index contributed by atoms with van der Waals surface area (Å²) < 4.78 is 14.1. The first-order chi connectivity index (χ1) is 9.08. The minimum Gasteiger partial charge on any atom is -0.507 e. The maximum absolute atomic E-state index is 13.4. The topological polar surface area (TPSA) is 49.3 Å². The summed E-state index contributed by atoms with van der Waals surface area (Å²) in [6.07, 6.45) is 0. The molecule has 0 aliphatic heterocycles. The molecule has 2 N–H and O–H groups in total. The molecule has 1 amide bonds. The van der Waals surface area contributed by atoms with E-state index in [1.54, 1.807) is 24.3 Å². The lowest BCUT2D eigenvalue weighted by atomic mass is 10.1. The number of hydrogen-bond acceptors (Lipinski definition) is 2. The number of hydrogen-bond donors (Lipinski definition) is 2. The third-order valence-corrected chi connectivity index (χ3v) is 3.09. The summed E-state index contributed by atoms with van der Waals surface area (Å²) in [5.74, 6) is -0.947. The molecule has 0 radical (unpaired) electrons. The van der Waals surface area contributed by atoms with Gasteiger partial charge in [-0.05, 0) is 24.3 Å². The third kappa shape index (κ3) is 3.32. The number of benzene rings is 2. The zero-order valence-electron chi connectivity index (χ0n) is 9.86. The number of rotatable bonds is 3. The van der Waals surface area contributed by atoms with Crippen molar-refractivity contribution >= 4 is 21.8 Å². The molecule has 0 unspecified atom stereocenters. The van der Waals surface area contributed by atoms with Gasteiger partial charge < -0.3 is 10.4 Å². The molecule has 0 spiro atoms. The molecule has 0 aromatic heterocycles. The van der Waals surface area contributed by atoms with Gasteiger partial charge in [0.05, 0.1) is 5.56 Å². The molecule has 0 aliphatic carbocycles. The number of phenolic OH excluding ortho intramolecular Hbond substituents is 1. The molecule has 0 heterocycles. The zero-order chi connectivity index (χ0) is 13.8. The summed E-state index contributed by atoms with van der Waals surface area (Å²) >= 11 is 3.22. The molecule has 0 saturated carbocycles. The van der Waals surface area contributed by atoms with Crippen molar-refractivity contribution in [3.8, 4) is 5.75 Å². The van der Waals surface area contributed by atoms with Crippen molar-refractivity contribution in [1.82, 2.24) is 5.32 Å². The standard InChI is InChI=1S/C14H11BrFNO2/c15-10-5-6-13(18)11(7-10)14(19)17-8-9-3-1-2-4-12(9)16/h1-7,18H,8H2,(H,17,19). The largest absolute Gasteiger partial charge is 0.507 e. The van der Waals surface area contributed by atoms with Crippen LogP contribution >= 0.6 is 15.9 Å². The molecule has 0 aliphatic rings. The third-order valence-electron chi connectivity index (χ3n) is 2.60. The SMILES string of the molecule is O=C(NCc1ccccc1F)c1cc(Br)ccc1O. The van der Waals surface area contributed by atoms with E-state index in [2.05, 4.69) is 21.2 Å². The van der Waals surface area contributed by atoms with Crippen molar-refractivity contribution in [2.45, 2.75) is 6.54 Å². The van der Waals surface area contributed by atoms with Gasteiger partial charge in [-0.3, -0.25) is 4.79 Å². The number of aromatic hydroxyl groups is 1. The monoisotopic (exact) mass is 323 g/mol. The predicted octanol–water partition coefficient (Wildman–Crippen LogP) is 3.22. The first-order valence-electron chi connectivity index (χ1n) is 5.58. The summed E-state index contributed by atoms with van der Waals surface area (Å²) in [5, 5.41) is 12.2. The lowest BCUT2D eigenvalue weighted by Crippen LogP contribution is -2.23. The minimum absolute atomic E-state index is 0.0669. The fourth-order valence-electron chi connectivity index (χ4n) is 1.60. The number of carbonyl (C=O) groups excluding carboxylic acids is 1. The van der Waals surface area contributed by atoms with Gasteiger partial charge in [0.25, 0.3) is 5.91 Å². The van der Waals surface area contributed by atoms with Gasteiger partial charge in [0.2, 0.25) is 0 Å². The molecule has 5 heteroatoms. The Morgan fingerprint density at radius 2 is 2.00 bits per heavy atom. The summed E-state index contributed by atoms with van der Waals surface area (Å²) in [7, 11) is 0. The van der Waals surface area contributed by atoms with Crippen molar-refractivity contribution in [2.75, 3.05) is 0 Å². The Hall–Kier alpha value is -1.88. The fraction of sp³-hybridized carbons (Fsp3) is 0.0714. The summed E-state index contributed by atoms with van der Waals surface area (Å²) in [4.78, 5) is 11.9. The van der Waals surface area contributed by atoms with Crippen LogP contribution in [-0.2, 0) is 6.54 Å². The second kappa shape index (κ2) is 5.84. The first kappa shape index (κ1) is 13.5. The van der Waals surface area contributed by atoms with Crippen molar-refractivity contribution in [2.24, 2.45) is 0 Å². The van der Waals surface area contributed by atoms with E-state index in [1.807, 2.05) is 0 Å². The molecule has 0 atom stereocenters. The van der Waals surface area contributed by atoms with Gasteiger partial charge in [0, 0.05) is 16.6 Å². The quantitative estimate of drug-likeness (QED) is 0.911. The molecule has 2 aromatic rings. The second-order valence-electron chi connectivity index (χ2n) is 3.94. The maximum atomic E-state index is 13.4. The van der Waals surface area contributed by atoms with Crippen molar-refractivity contribution < 1.29 is 14.3 Å². The molecule has 0 bridgehead atoms. The summed E-state index contributed by atoms with van der Waals surface area (Å²) in [5.41, 5.74) is 0.538. The van der Waals surface area contributed by atoms with Crippen LogP contribution in [0.2, 0.25) is 0 Å². The highest BCUT2D eigenvalue weighted by Gasteiger charge is 2.12. The lowest BCUT2D eigenvalue weighted by molar-refractivity contribution is 0.0948. The maximum Gasteiger partial charge on any atom is 0.255 e. The number of phenols is 1. The lowest BCUT2D eigenvalue weighted by Gasteiger charge is -2.08. The number of amides is 1. The average Bonchev–Trinajstić information content (AvgIpc) is 2.40. The van der Waals surface area contributed by atoms with E-state index in [-0.39, 0.29) is 23.7 Å². The predicted molar refractivity (Wildman–Crippen MR) is 73.4 cm³/mol. The molecule has 0 saturated heterocycles. The molecule has 0 fully saturated rings. The molecular formula is C14H11BrFNO2. The van der Waals surface area contributed by atoms with Crippen molar-refractivity contribution in [1.29, 1.82) is 0 Å². The highest BCUT2D eigenvalue weighted by atomic mass is 79.9. The average molecular weight is 324 g/mol. The van der Waals surface area contributed by atoms with Gasteiger partial charge in [0.15, 0.2) is 0 Å². The van der Waals surface area contributed by atoms with Crippen molar-refractivity contribution in [3.63, 3.8) is 0 Å². The number of carbonyl (C=O) groups is 1. The van der Waals surface area contributed by atoms with E-state index in [4.69, 9.17) is 0 Å². The van der Waals surface area contributed by atoms with Gasteiger partial charge in [0.1, 0.15) is 11.6 Å². The molecule has 2 rings (SSSR count). The fourth-order valence-corrected chi connectivity index (χ4v) is 1.96. The Labute approximate surface area is 118 Å². The summed E-state index contributed by atoms with van der Waals surface area (Å²) in [6.45, 7) is 0.0669. The van der Waals surface area contributed by atoms with Crippen LogP contribution in [0, 0.1) is 5.82 Å². The molecule has 2 aromatic carbocycles. The van der Waals surface area contributed by atoms with E-state index in [1.165, 1.54) is 18.2 Å². The summed E-state index contributed by atoms with van der Waals surface area (Å²) in [6, 6.07) is 10.8. The van der Waals surface area contributed by atoms with E-state index < -0.39 is 5.91 Å². The van der Waals surface area contributed by atoms with Gasteiger partial charge >= 0.3 is 0 Å². The van der Waals surface area contributed by atoms with Crippen LogP contribution in [0.1, 0.15) is 15.9 Å². The Balaban J connectivity index is 2.10. The molecular weight excluding hydrogens is 313 g/mol. The van der Waals surface area contributed by atoms with Crippen molar-refractivity contribution in [3.05, 3.63) is 63.9 Å². The zero-order valence-corrected chi connectivity index (χ0v) is 11.4. The highest BCUT2D eigenvalue weighted by molar-refractivity contribution is 9.10. The van der Waals surface area contributed by atoms with Crippen LogP contribution in [0.25, 0.3) is 0 Å². The Bertz CT molecular complexity index is 616. The minimum atomic E-state index is -0.456. The van der Waals surface area contributed by atoms with Crippen LogP contribution in [0.3, 0.4) is 0 Å². The van der Waals surface area contributed by atoms with Crippen LogP contribution in [-0.4, -0.2) is 11.0 Å². The molecule has 3 nitrogen and oxygen atoms in total. The van der Waals surface area contributed by atoms with Crippen LogP contribution in [0.15, 0.2) is 46.9 Å². The first-order valence-corrected chi connectivity index (χ1v) is 6.37. The highest BCUT2D eigenvalue weighted by Crippen LogP contribution is 2.21. The molecule has 98 valence electrons. The van der Waals surface area contributed by atoms with Crippen LogP contribution < -0.4 is 5.32 Å². The van der Waals surface area contributed by atoms with Gasteiger partial charge in [-0.2, -0.15) is 0 Å². The van der Waals surface area contributed by atoms with Gasteiger partial charge in [-0.1, -0.05) is 34.1 Å².